The molecule has 2 aromatic heterocycles. The molecule has 2 aromatic rings. The van der Waals surface area contributed by atoms with Gasteiger partial charge in [-0.25, -0.2) is 4.98 Å². The number of rotatable bonds is 3. The lowest BCUT2D eigenvalue weighted by Gasteiger charge is -2.29. The summed E-state index contributed by atoms with van der Waals surface area (Å²) in [6, 6.07) is 3.75. The molecule has 0 radical (unpaired) electrons. The van der Waals surface area contributed by atoms with Crippen LogP contribution in [0.1, 0.15) is 36.9 Å². The molecule has 4 rings (SSSR count). The van der Waals surface area contributed by atoms with Crippen LogP contribution in [0.2, 0.25) is 0 Å². The van der Waals surface area contributed by atoms with Crippen LogP contribution in [-0.4, -0.2) is 32.9 Å². The van der Waals surface area contributed by atoms with Gasteiger partial charge in [0, 0.05) is 44.0 Å². The van der Waals surface area contributed by atoms with Gasteiger partial charge in [0.15, 0.2) is 0 Å². The molecule has 2 aliphatic rings. The summed E-state index contributed by atoms with van der Waals surface area (Å²) >= 11 is 0. The van der Waals surface area contributed by atoms with Crippen molar-refractivity contribution < 1.29 is 0 Å². The molecule has 0 aromatic carbocycles. The predicted octanol–water partition coefficient (Wildman–Crippen LogP) is 2.38. The summed E-state index contributed by atoms with van der Waals surface area (Å²) in [6.45, 7) is 2.88. The van der Waals surface area contributed by atoms with Crippen molar-refractivity contribution in [3.8, 4) is 11.4 Å². The highest BCUT2D eigenvalue weighted by molar-refractivity contribution is 5.54. The Balaban J connectivity index is 1.57. The van der Waals surface area contributed by atoms with Crippen LogP contribution in [0.3, 0.4) is 0 Å². The van der Waals surface area contributed by atoms with E-state index in [0.717, 1.165) is 48.8 Å². The lowest BCUT2D eigenvalue weighted by atomic mass is 10.0. The monoisotopic (exact) mass is 310 g/mol. The van der Waals surface area contributed by atoms with Gasteiger partial charge in [-0.05, 0) is 30.9 Å². The van der Waals surface area contributed by atoms with Crippen molar-refractivity contribution in [2.45, 2.75) is 38.6 Å². The number of hydrogen-bond donors (Lipinski definition) is 1. The van der Waals surface area contributed by atoms with E-state index in [9.17, 15) is 4.79 Å². The molecule has 3 heterocycles. The van der Waals surface area contributed by atoms with Crippen molar-refractivity contribution in [1.82, 2.24) is 19.9 Å². The van der Waals surface area contributed by atoms with Crippen LogP contribution in [0.5, 0.6) is 0 Å². The zero-order valence-corrected chi connectivity index (χ0v) is 13.3. The van der Waals surface area contributed by atoms with Gasteiger partial charge in [-0.1, -0.05) is 12.8 Å². The molecule has 1 N–H and O–H groups in total. The average molecular weight is 310 g/mol. The minimum Gasteiger partial charge on any atom is -0.306 e. The highest BCUT2D eigenvalue weighted by Crippen LogP contribution is 2.27. The second kappa shape index (κ2) is 6.24. The Morgan fingerprint density at radius 3 is 2.78 bits per heavy atom. The van der Waals surface area contributed by atoms with Gasteiger partial charge in [-0.3, -0.25) is 14.7 Å². The first-order chi connectivity index (χ1) is 11.3. The van der Waals surface area contributed by atoms with Crippen LogP contribution in [0.4, 0.5) is 0 Å². The molecule has 0 spiro atoms. The second-order valence-corrected chi connectivity index (χ2v) is 6.71. The Bertz CT molecular complexity index is 734. The molecular weight excluding hydrogens is 288 g/mol. The second-order valence-electron chi connectivity index (χ2n) is 6.71. The van der Waals surface area contributed by atoms with E-state index in [0.29, 0.717) is 5.82 Å². The molecule has 0 bridgehead atoms. The van der Waals surface area contributed by atoms with Crippen molar-refractivity contribution in [2.75, 3.05) is 13.1 Å². The molecule has 5 heteroatoms. The quantitative estimate of drug-likeness (QED) is 0.945. The Kier molecular flexibility index (Phi) is 3.95. The Hall–Kier alpha value is -2.01. The summed E-state index contributed by atoms with van der Waals surface area (Å²) in [5, 5.41) is 0. The lowest BCUT2D eigenvalue weighted by Crippen LogP contribution is -2.38. The number of aromatic nitrogens is 3. The number of pyridine rings is 1. The lowest BCUT2D eigenvalue weighted by molar-refractivity contribution is 0.212. The van der Waals surface area contributed by atoms with Crippen molar-refractivity contribution in [3.05, 3.63) is 46.1 Å². The third kappa shape index (κ3) is 3.06. The fourth-order valence-corrected chi connectivity index (χ4v) is 3.84. The van der Waals surface area contributed by atoms with Crippen LogP contribution in [0, 0.1) is 5.92 Å². The van der Waals surface area contributed by atoms with Gasteiger partial charge in [0.25, 0.3) is 5.56 Å². The van der Waals surface area contributed by atoms with E-state index in [1.807, 2.05) is 12.1 Å². The average Bonchev–Trinajstić information content (AvgIpc) is 3.09. The first kappa shape index (κ1) is 14.6. The topological polar surface area (TPSA) is 61.9 Å². The summed E-state index contributed by atoms with van der Waals surface area (Å²) in [6.07, 6.45) is 9.73. The molecule has 0 atom stereocenters. The van der Waals surface area contributed by atoms with Crippen LogP contribution >= 0.6 is 0 Å². The minimum atomic E-state index is 0.0120. The maximum absolute atomic E-state index is 12.5. The van der Waals surface area contributed by atoms with Crippen molar-refractivity contribution >= 4 is 0 Å². The summed E-state index contributed by atoms with van der Waals surface area (Å²) in [4.78, 5) is 26.6. The molecule has 23 heavy (non-hydrogen) atoms. The minimum absolute atomic E-state index is 0.0120. The van der Waals surface area contributed by atoms with E-state index >= 15 is 0 Å². The number of nitrogens with zero attached hydrogens (tertiary/aromatic N) is 3. The first-order valence-corrected chi connectivity index (χ1v) is 8.54. The highest BCUT2D eigenvalue weighted by Gasteiger charge is 2.24. The molecule has 1 saturated carbocycles. The molecule has 0 unspecified atom stereocenters. The van der Waals surface area contributed by atoms with Gasteiger partial charge in [-0.2, -0.15) is 0 Å². The number of nitrogens with one attached hydrogen (secondary N) is 1. The largest absolute Gasteiger partial charge is 0.306 e. The summed E-state index contributed by atoms with van der Waals surface area (Å²) < 4.78 is 0. The van der Waals surface area contributed by atoms with Gasteiger partial charge in [0.1, 0.15) is 5.82 Å². The predicted molar refractivity (Wildman–Crippen MR) is 89.0 cm³/mol. The summed E-state index contributed by atoms with van der Waals surface area (Å²) in [5.74, 6) is 1.47. The van der Waals surface area contributed by atoms with E-state index in [1.165, 1.54) is 25.7 Å². The third-order valence-electron chi connectivity index (χ3n) is 5.09. The standard InChI is InChI=1S/C18H22N4O/c23-18-15-12-22(11-13-3-1-2-4-13)10-7-16(15)20-17(21-18)14-5-8-19-9-6-14/h5-6,8-9,13H,1-4,7,10-12H2,(H,20,21,23). The fraction of sp³-hybridized carbons (Fsp3) is 0.500. The Morgan fingerprint density at radius 2 is 2.00 bits per heavy atom. The molecule has 1 aliphatic heterocycles. The molecule has 120 valence electrons. The third-order valence-corrected chi connectivity index (χ3v) is 5.09. The van der Waals surface area contributed by atoms with Crippen LogP contribution < -0.4 is 5.56 Å². The van der Waals surface area contributed by atoms with Gasteiger partial charge in [0.2, 0.25) is 0 Å². The zero-order valence-electron chi connectivity index (χ0n) is 13.3. The fourth-order valence-electron chi connectivity index (χ4n) is 3.84. The van der Waals surface area contributed by atoms with Gasteiger partial charge < -0.3 is 4.98 Å². The zero-order chi connectivity index (χ0) is 15.6. The number of hydrogen-bond acceptors (Lipinski definition) is 4. The maximum atomic E-state index is 12.5. The normalized spacial score (nSPS) is 19.0. The van der Waals surface area contributed by atoms with Gasteiger partial charge in [0.05, 0.1) is 11.3 Å². The van der Waals surface area contributed by atoms with Crippen LogP contribution in [0.15, 0.2) is 29.3 Å². The number of fused-ring (bicyclic) bond motifs is 1. The van der Waals surface area contributed by atoms with Gasteiger partial charge >= 0.3 is 0 Å². The molecule has 0 saturated heterocycles. The highest BCUT2D eigenvalue weighted by atomic mass is 16.1. The molecule has 1 aliphatic carbocycles. The van der Waals surface area contributed by atoms with E-state index in [2.05, 4.69) is 14.9 Å². The molecule has 0 amide bonds. The van der Waals surface area contributed by atoms with Crippen molar-refractivity contribution in [2.24, 2.45) is 5.92 Å². The van der Waals surface area contributed by atoms with Crippen molar-refractivity contribution in [1.29, 1.82) is 0 Å². The SMILES string of the molecule is O=c1[nH]c(-c2ccncc2)nc2c1CN(CC1CCCC1)CC2. The van der Waals surface area contributed by atoms with Crippen molar-refractivity contribution in [3.63, 3.8) is 0 Å². The maximum Gasteiger partial charge on any atom is 0.255 e. The Labute approximate surface area is 135 Å². The molecule has 5 nitrogen and oxygen atoms in total. The van der Waals surface area contributed by atoms with Crippen LogP contribution in [0.25, 0.3) is 11.4 Å². The van der Waals surface area contributed by atoms with Crippen LogP contribution in [-0.2, 0) is 13.0 Å². The van der Waals surface area contributed by atoms with E-state index in [4.69, 9.17) is 4.98 Å². The van der Waals surface area contributed by atoms with E-state index in [1.54, 1.807) is 12.4 Å². The summed E-state index contributed by atoms with van der Waals surface area (Å²) in [5.41, 5.74) is 2.74. The molecule has 1 fully saturated rings. The van der Waals surface area contributed by atoms with E-state index < -0.39 is 0 Å². The smallest absolute Gasteiger partial charge is 0.255 e. The van der Waals surface area contributed by atoms with E-state index in [-0.39, 0.29) is 5.56 Å². The number of aromatic amines is 1. The number of H-pyrrole nitrogens is 1. The van der Waals surface area contributed by atoms with Gasteiger partial charge in [-0.15, -0.1) is 0 Å². The summed E-state index contributed by atoms with van der Waals surface area (Å²) in [7, 11) is 0. The Morgan fingerprint density at radius 1 is 1.22 bits per heavy atom. The molecular formula is C18H22N4O. The first-order valence-electron chi connectivity index (χ1n) is 8.54.